The molecule has 4 nitrogen and oxygen atoms in total. The van der Waals surface area contributed by atoms with E-state index >= 15 is 0 Å². The van der Waals surface area contributed by atoms with Crippen LogP contribution in [0.5, 0.6) is 0 Å². The maximum atomic E-state index is 6.34. The molecule has 2 heterocycles. The number of nitrogens with zero attached hydrogens (tertiary/aromatic N) is 4. The second-order valence-corrected chi connectivity index (χ2v) is 6.56. The SMILES string of the molecule is Clc1nc(C2CCCC2)nc2c1ncn2CCc1ccccc1. The molecule has 4 rings (SSSR count). The van der Waals surface area contributed by atoms with Gasteiger partial charge in [-0.25, -0.2) is 15.0 Å². The summed E-state index contributed by atoms with van der Waals surface area (Å²) >= 11 is 6.34. The minimum absolute atomic E-state index is 0.453. The summed E-state index contributed by atoms with van der Waals surface area (Å²) in [5.41, 5.74) is 2.88. The molecule has 0 atom stereocenters. The minimum Gasteiger partial charge on any atom is -0.315 e. The monoisotopic (exact) mass is 326 g/mol. The average Bonchev–Trinajstić information content (AvgIpc) is 3.24. The second kappa shape index (κ2) is 6.28. The van der Waals surface area contributed by atoms with Crippen molar-refractivity contribution in [1.29, 1.82) is 0 Å². The predicted molar refractivity (Wildman–Crippen MR) is 91.7 cm³/mol. The van der Waals surface area contributed by atoms with Gasteiger partial charge in [-0.2, -0.15) is 0 Å². The Labute approximate surface area is 140 Å². The molecule has 1 saturated carbocycles. The summed E-state index contributed by atoms with van der Waals surface area (Å²) in [6.07, 6.45) is 7.63. The molecule has 0 unspecified atom stereocenters. The van der Waals surface area contributed by atoms with Gasteiger partial charge in [0.1, 0.15) is 11.3 Å². The number of benzene rings is 1. The molecule has 5 heteroatoms. The molecular weight excluding hydrogens is 308 g/mol. The summed E-state index contributed by atoms with van der Waals surface area (Å²) in [5, 5.41) is 0.482. The van der Waals surface area contributed by atoms with Crippen LogP contribution in [-0.4, -0.2) is 19.5 Å². The highest BCUT2D eigenvalue weighted by molar-refractivity contribution is 6.33. The van der Waals surface area contributed by atoms with Gasteiger partial charge in [0.15, 0.2) is 10.8 Å². The predicted octanol–water partition coefficient (Wildman–Crippen LogP) is 4.38. The molecule has 1 aromatic carbocycles. The minimum atomic E-state index is 0.453. The maximum Gasteiger partial charge on any atom is 0.165 e. The third kappa shape index (κ3) is 2.95. The molecule has 0 N–H and O–H groups in total. The first-order valence-corrected chi connectivity index (χ1v) is 8.61. The Bertz CT molecular complexity index is 807. The highest BCUT2D eigenvalue weighted by Crippen LogP contribution is 2.33. The van der Waals surface area contributed by atoms with Gasteiger partial charge in [0.25, 0.3) is 0 Å². The Kier molecular flexibility index (Phi) is 4.00. The number of fused-ring (bicyclic) bond motifs is 1. The zero-order valence-electron chi connectivity index (χ0n) is 13.0. The van der Waals surface area contributed by atoms with E-state index in [1.54, 1.807) is 0 Å². The number of hydrogen-bond acceptors (Lipinski definition) is 3. The Morgan fingerprint density at radius 1 is 1.09 bits per heavy atom. The van der Waals surface area contributed by atoms with Crippen molar-refractivity contribution in [3.05, 3.63) is 53.2 Å². The van der Waals surface area contributed by atoms with E-state index in [2.05, 4.69) is 38.8 Å². The number of hydrogen-bond donors (Lipinski definition) is 0. The Hall–Kier alpha value is -1.94. The fraction of sp³-hybridized carbons (Fsp3) is 0.389. The molecule has 0 amide bonds. The highest BCUT2D eigenvalue weighted by atomic mass is 35.5. The van der Waals surface area contributed by atoms with Crippen LogP contribution in [0.1, 0.15) is 43.0 Å². The van der Waals surface area contributed by atoms with Crippen molar-refractivity contribution in [1.82, 2.24) is 19.5 Å². The first-order valence-electron chi connectivity index (χ1n) is 8.23. The van der Waals surface area contributed by atoms with E-state index in [9.17, 15) is 0 Å². The molecule has 0 radical (unpaired) electrons. The maximum absolute atomic E-state index is 6.34. The number of aromatic nitrogens is 4. The van der Waals surface area contributed by atoms with E-state index < -0.39 is 0 Å². The van der Waals surface area contributed by atoms with Crippen LogP contribution in [0.3, 0.4) is 0 Å². The van der Waals surface area contributed by atoms with Crippen LogP contribution in [0.2, 0.25) is 5.15 Å². The fourth-order valence-corrected chi connectivity index (χ4v) is 3.57. The standard InChI is InChI=1S/C18H19ClN4/c19-16-15-18(22-17(21-16)14-8-4-5-9-14)23(12-20-15)11-10-13-6-2-1-3-7-13/h1-3,6-7,12,14H,4-5,8-11H2. The van der Waals surface area contributed by atoms with Gasteiger partial charge < -0.3 is 4.57 Å². The van der Waals surface area contributed by atoms with E-state index in [1.165, 1.54) is 31.2 Å². The third-order valence-electron chi connectivity index (χ3n) is 4.64. The first-order chi connectivity index (χ1) is 11.3. The number of imidazole rings is 1. The molecule has 0 bridgehead atoms. The van der Waals surface area contributed by atoms with Crippen molar-refractivity contribution in [3.8, 4) is 0 Å². The molecule has 1 fully saturated rings. The lowest BCUT2D eigenvalue weighted by Gasteiger charge is -2.09. The molecule has 0 spiro atoms. The van der Waals surface area contributed by atoms with Crippen molar-refractivity contribution < 1.29 is 0 Å². The third-order valence-corrected chi connectivity index (χ3v) is 4.91. The van der Waals surface area contributed by atoms with E-state index in [0.717, 1.165) is 24.4 Å². The summed E-state index contributed by atoms with van der Waals surface area (Å²) in [6, 6.07) is 10.5. The summed E-state index contributed by atoms with van der Waals surface area (Å²) in [4.78, 5) is 13.7. The second-order valence-electron chi connectivity index (χ2n) is 6.20. The zero-order chi connectivity index (χ0) is 15.6. The molecular formula is C18H19ClN4. The number of rotatable bonds is 4. The number of aryl methyl sites for hydroxylation is 2. The summed E-state index contributed by atoms with van der Waals surface area (Å²) in [7, 11) is 0. The van der Waals surface area contributed by atoms with E-state index in [1.807, 2.05) is 12.4 Å². The number of halogens is 1. The van der Waals surface area contributed by atoms with E-state index in [4.69, 9.17) is 16.6 Å². The Morgan fingerprint density at radius 2 is 1.87 bits per heavy atom. The summed E-state index contributed by atoms with van der Waals surface area (Å²) < 4.78 is 2.09. The average molecular weight is 327 g/mol. The van der Waals surface area contributed by atoms with Gasteiger partial charge in [0.2, 0.25) is 0 Å². The van der Waals surface area contributed by atoms with Crippen LogP contribution < -0.4 is 0 Å². The van der Waals surface area contributed by atoms with Crippen LogP contribution in [-0.2, 0) is 13.0 Å². The molecule has 0 aliphatic heterocycles. The molecule has 1 aliphatic rings. The van der Waals surface area contributed by atoms with Gasteiger partial charge in [-0.05, 0) is 24.8 Å². The normalized spacial score (nSPS) is 15.5. The lowest BCUT2D eigenvalue weighted by Crippen LogP contribution is -2.05. The molecule has 23 heavy (non-hydrogen) atoms. The van der Waals surface area contributed by atoms with Crippen molar-refractivity contribution in [2.45, 2.75) is 44.6 Å². The summed E-state index contributed by atoms with van der Waals surface area (Å²) in [5.74, 6) is 1.34. The van der Waals surface area contributed by atoms with Gasteiger partial charge in [-0.1, -0.05) is 54.8 Å². The summed E-state index contributed by atoms with van der Waals surface area (Å²) in [6.45, 7) is 0.845. The van der Waals surface area contributed by atoms with Gasteiger partial charge in [0.05, 0.1) is 6.33 Å². The molecule has 3 aromatic rings. The molecule has 2 aromatic heterocycles. The van der Waals surface area contributed by atoms with Gasteiger partial charge in [-0.3, -0.25) is 0 Å². The van der Waals surface area contributed by atoms with Crippen molar-refractivity contribution in [2.75, 3.05) is 0 Å². The van der Waals surface area contributed by atoms with Gasteiger partial charge >= 0.3 is 0 Å². The smallest absolute Gasteiger partial charge is 0.165 e. The van der Waals surface area contributed by atoms with E-state index in [0.29, 0.717) is 16.6 Å². The lowest BCUT2D eigenvalue weighted by molar-refractivity contribution is 0.662. The van der Waals surface area contributed by atoms with Crippen molar-refractivity contribution in [2.24, 2.45) is 0 Å². The largest absolute Gasteiger partial charge is 0.315 e. The van der Waals surface area contributed by atoms with Crippen LogP contribution in [0, 0.1) is 0 Å². The quantitative estimate of drug-likeness (QED) is 0.668. The molecule has 1 aliphatic carbocycles. The Morgan fingerprint density at radius 3 is 2.65 bits per heavy atom. The highest BCUT2D eigenvalue weighted by Gasteiger charge is 2.22. The van der Waals surface area contributed by atoms with Crippen LogP contribution in [0.4, 0.5) is 0 Å². The van der Waals surface area contributed by atoms with Crippen molar-refractivity contribution >= 4 is 22.8 Å². The topological polar surface area (TPSA) is 43.6 Å². The van der Waals surface area contributed by atoms with Gasteiger partial charge in [-0.15, -0.1) is 0 Å². The fourth-order valence-electron chi connectivity index (χ4n) is 3.35. The zero-order valence-corrected chi connectivity index (χ0v) is 13.7. The van der Waals surface area contributed by atoms with Crippen LogP contribution in [0.25, 0.3) is 11.2 Å². The van der Waals surface area contributed by atoms with Crippen LogP contribution in [0.15, 0.2) is 36.7 Å². The first kappa shape index (κ1) is 14.6. The lowest BCUT2D eigenvalue weighted by atomic mass is 10.1. The molecule has 118 valence electrons. The van der Waals surface area contributed by atoms with Crippen LogP contribution >= 0.6 is 11.6 Å². The molecule has 0 saturated heterocycles. The van der Waals surface area contributed by atoms with Gasteiger partial charge in [0, 0.05) is 12.5 Å². The Balaban J connectivity index is 1.64. The van der Waals surface area contributed by atoms with Crippen molar-refractivity contribution in [3.63, 3.8) is 0 Å². The van der Waals surface area contributed by atoms with E-state index in [-0.39, 0.29) is 0 Å².